The van der Waals surface area contributed by atoms with Gasteiger partial charge in [-0.05, 0) is 38.2 Å². The van der Waals surface area contributed by atoms with E-state index in [0.29, 0.717) is 19.4 Å². The number of ether oxygens (including phenoxy) is 2. The van der Waals surface area contributed by atoms with Gasteiger partial charge in [0, 0.05) is 0 Å². The van der Waals surface area contributed by atoms with Crippen molar-refractivity contribution in [3.63, 3.8) is 0 Å². The second kappa shape index (κ2) is 9.23. The molecule has 0 aliphatic carbocycles. The van der Waals surface area contributed by atoms with E-state index >= 15 is 0 Å². The van der Waals surface area contributed by atoms with Gasteiger partial charge in [0.15, 0.2) is 5.41 Å². The number of carbonyl (C=O) groups is 2. The third-order valence-electron chi connectivity index (χ3n) is 3.95. The standard InChI is InChI=1S/C18H26O4/c1-4-18(5-2,16(19)21-6-3)17(20)22-14-10-13-15-11-8-7-9-12-15/h7-9,11-12H,4-6,10,13-14H2,1-3H3. The van der Waals surface area contributed by atoms with Gasteiger partial charge in [-0.25, -0.2) is 0 Å². The van der Waals surface area contributed by atoms with Gasteiger partial charge >= 0.3 is 11.9 Å². The van der Waals surface area contributed by atoms with Gasteiger partial charge in [-0.3, -0.25) is 9.59 Å². The van der Waals surface area contributed by atoms with Crippen LogP contribution >= 0.6 is 0 Å². The topological polar surface area (TPSA) is 52.6 Å². The lowest BCUT2D eigenvalue weighted by Crippen LogP contribution is -2.41. The third-order valence-corrected chi connectivity index (χ3v) is 3.95. The predicted molar refractivity (Wildman–Crippen MR) is 85.4 cm³/mol. The van der Waals surface area contributed by atoms with Crippen LogP contribution in [0.1, 0.15) is 45.6 Å². The molecule has 0 bridgehead atoms. The second-order valence-corrected chi connectivity index (χ2v) is 5.23. The average molecular weight is 306 g/mol. The van der Waals surface area contributed by atoms with E-state index in [1.807, 2.05) is 44.2 Å². The molecule has 22 heavy (non-hydrogen) atoms. The summed E-state index contributed by atoms with van der Waals surface area (Å²) in [5.41, 5.74) is 0.0455. The molecule has 0 saturated heterocycles. The maximum Gasteiger partial charge on any atom is 0.323 e. The average Bonchev–Trinajstić information content (AvgIpc) is 2.54. The lowest BCUT2D eigenvalue weighted by molar-refractivity contribution is -0.173. The molecule has 0 unspecified atom stereocenters. The Labute approximate surface area is 132 Å². The van der Waals surface area contributed by atoms with Crippen LogP contribution in [0.2, 0.25) is 0 Å². The van der Waals surface area contributed by atoms with E-state index in [1.54, 1.807) is 6.92 Å². The summed E-state index contributed by atoms with van der Waals surface area (Å²) >= 11 is 0. The van der Waals surface area contributed by atoms with E-state index in [1.165, 1.54) is 5.56 Å². The number of hydrogen-bond acceptors (Lipinski definition) is 4. The normalized spacial score (nSPS) is 11.0. The van der Waals surface area contributed by atoms with Crippen LogP contribution in [0.3, 0.4) is 0 Å². The molecular formula is C18H26O4. The van der Waals surface area contributed by atoms with Gasteiger partial charge in [0.05, 0.1) is 13.2 Å². The van der Waals surface area contributed by atoms with E-state index in [0.717, 1.165) is 12.8 Å². The Hall–Kier alpha value is -1.84. The van der Waals surface area contributed by atoms with Crippen LogP contribution in [0, 0.1) is 5.41 Å². The molecule has 0 heterocycles. The Morgan fingerprint density at radius 3 is 2.09 bits per heavy atom. The SMILES string of the molecule is CCOC(=O)C(CC)(CC)C(=O)OCCCc1ccccc1. The second-order valence-electron chi connectivity index (χ2n) is 5.23. The van der Waals surface area contributed by atoms with Crippen LogP contribution in [0.25, 0.3) is 0 Å². The van der Waals surface area contributed by atoms with Crippen LogP contribution in [0.15, 0.2) is 30.3 Å². The minimum atomic E-state index is -1.16. The highest BCUT2D eigenvalue weighted by Gasteiger charge is 2.45. The maximum atomic E-state index is 12.3. The summed E-state index contributed by atoms with van der Waals surface area (Å²) in [6.45, 7) is 5.94. The van der Waals surface area contributed by atoms with E-state index < -0.39 is 17.4 Å². The van der Waals surface area contributed by atoms with Crippen LogP contribution in [-0.2, 0) is 25.5 Å². The number of rotatable bonds is 9. The molecule has 0 aromatic heterocycles. The van der Waals surface area contributed by atoms with Gasteiger partial charge < -0.3 is 9.47 Å². The Morgan fingerprint density at radius 2 is 1.55 bits per heavy atom. The molecule has 4 nitrogen and oxygen atoms in total. The zero-order valence-electron chi connectivity index (χ0n) is 13.8. The lowest BCUT2D eigenvalue weighted by Gasteiger charge is -2.26. The van der Waals surface area contributed by atoms with Crippen LogP contribution in [-0.4, -0.2) is 25.2 Å². The fourth-order valence-electron chi connectivity index (χ4n) is 2.40. The molecule has 122 valence electrons. The molecule has 4 heteroatoms. The van der Waals surface area contributed by atoms with Gasteiger partial charge in [-0.1, -0.05) is 44.2 Å². The first kappa shape index (κ1) is 18.2. The molecule has 1 rings (SSSR count). The fraction of sp³-hybridized carbons (Fsp3) is 0.556. The fourth-order valence-corrected chi connectivity index (χ4v) is 2.40. The molecule has 0 aliphatic rings. The first-order valence-corrected chi connectivity index (χ1v) is 7.99. The van der Waals surface area contributed by atoms with Gasteiger partial charge in [0.2, 0.25) is 0 Å². The van der Waals surface area contributed by atoms with Crippen LogP contribution in [0.4, 0.5) is 0 Å². The highest BCUT2D eigenvalue weighted by Crippen LogP contribution is 2.30. The van der Waals surface area contributed by atoms with E-state index in [-0.39, 0.29) is 6.61 Å². The minimum absolute atomic E-state index is 0.266. The summed E-state index contributed by atoms with van der Waals surface area (Å²) in [6.07, 6.45) is 2.36. The molecule has 1 aromatic carbocycles. The number of aryl methyl sites for hydroxylation is 1. The maximum absolute atomic E-state index is 12.3. The highest BCUT2D eigenvalue weighted by atomic mass is 16.6. The number of esters is 2. The molecule has 0 amide bonds. The number of carbonyl (C=O) groups excluding carboxylic acids is 2. The third kappa shape index (κ3) is 4.58. The largest absolute Gasteiger partial charge is 0.465 e. The summed E-state index contributed by atoms with van der Waals surface area (Å²) in [7, 11) is 0. The molecule has 0 saturated carbocycles. The molecular weight excluding hydrogens is 280 g/mol. The van der Waals surface area contributed by atoms with Gasteiger partial charge in [-0.15, -0.1) is 0 Å². The van der Waals surface area contributed by atoms with E-state index in [9.17, 15) is 9.59 Å². The van der Waals surface area contributed by atoms with Crippen molar-refractivity contribution in [1.29, 1.82) is 0 Å². The predicted octanol–water partition coefficient (Wildman–Crippen LogP) is 3.53. The van der Waals surface area contributed by atoms with Crippen molar-refractivity contribution in [1.82, 2.24) is 0 Å². The van der Waals surface area contributed by atoms with E-state index in [2.05, 4.69) is 0 Å². The quantitative estimate of drug-likeness (QED) is 0.398. The molecule has 1 aromatic rings. The molecule has 0 fully saturated rings. The zero-order chi connectivity index (χ0) is 16.4. The Balaban J connectivity index is 2.52. The van der Waals surface area contributed by atoms with Gasteiger partial charge in [-0.2, -0.15) is 0 Å². The van der Waals surface area contributed by atoms with Crippen LogP contribution < -0.4 is 0 Å². The Morgan fingerprint density at radius 1 is 0.955 bits per heavy atom. The molecule has 0 spiro atoms. The summed E-state index contributed by atoms with van der Waals surface area (Å²) < 4.78 is 10.4. The van der Waals surface area contributed by atoms with Gasteiger partial charge in [0.1, 0.15) is 0 Å². The number of benzene rings is 1. The lowest BCUT2D eigenvalue weighted by atomic mass is 9.82. The molecule has 0 atom stereocenters. The smallest absolute Gasteiger partial charge is 0.323 e. The first-order valence-electron chi connectivity index (χ1n) is 7.99. The molecule has 0 N–H and O–H groups in total. The molecule has 0 aliphatic heterocycles. The minimum Gasteiger partial charge on any atom is -0.465 e. The van der Waals surface area contributed by atoms with Gasteiger partial charge in [0.25, 0.3) is 0 Å². The van der Waals surface area contributed by atoms with Crippen LogP contribution in [0.5, 0.6) is 0 Å². The Kier molecular flexibility index (Phi) is 7.64. The summed E-state index contributed by atoms with van der Waals surface area (Å²) in [4.78, 5) is 24.4. The summed E-state index contributed by atoms with van der Waals surface area (Å²) in [5, 5.41) is 0. The summed E-state index contributed by atoms with van der Waals surface area (Å²) in [6, 6.07) is 10.0. The first-order chi connectivity index (χ1) is 10.6. The van der Waals surface area contributed by atoms with Crippen molar-refractivity contribution in [2.75, 3.05) is 13.2 Å². The van der Waals surface area contributed by atoms with E-state index in [4.69, 9.17) is 9.47 Å². The Bertz CT molecular complexity index is 463. The number of hydrogen-bond donors (Lipinski definition) is 0. The molecule has 0 radical (unpaired) electrons. The highest BCUT2D eigenvalue weighted by molar-refractivity contribution is 5.99. The van der Waals surface area contributed by atoms with Crippen molar-refractivity contribution in [2.45, 2.75) is 46.5 Å². The van der Waals surface area contributed by atoms with Crippen molar-refractivity contribution in [2.24, 2.45) is 5.41 Å². The van der Waals surface area contributed by atoms with Crippen molar-refractivity contribution in [3.05, 3.63) is 35.9 Å². The zero-order valence-corrected chi connectivity index (χ0v) is 13.8. The monoisotopic (exact) mass is 306 g/mol. The van der Waals surface area contributed by atoms with Crippen molar-refractivity contribution < 1.29 is 19.1 Å². The van der Waals surface area contributed by atoms with Crippen molar-refractivity contribution >= 4 is 11.9 Å². The summed E-state index contributed by atoms with van der Waals surface area (Å²) in [5.74, 6) is -0.947. The van der Waals surface area contributed by atoms with Crippen molar-refractivity contribution in [3.8, 4) is 0 Å².